The fourth-order valence-corrected chi connectivity index (χ4v) is 3.12. The smallest absolute Gasteiger partial charge is 0.405 e. The average Bonchev–Trinajstić information content (AvgIpc) is 2.43. The molecule has 0 saturated heterocycles. The van der Waals surface area contributed by atoms with Gasteiger partial charge in [0.2, 0.25) is 0 Å². The minimum atomic E-state index is -5.08. The summed E-state index contributed by atoms with van der Waals surface area (Å²) in [4.78, 5) is -0.984. The second-order valence-corrected chi connectivity index (χ2v) is 7.22. The van der Waals surface area contributed by atoms with E-state index in [-0.39, 0.29) is 11.6 Å². The lowest BCUT2D eigenvalue weighted by atomic mass is 10.0. The minimum Gasteiger partial charge on any atom is -0.405 e. The molecular formula is C14H7ClF6O3S. The van der Waals surface area contributed by atoms with Crippen molar-refractivity contribution in [2.75, 3.05) is 0 Å². The molecule has 0 heterocycles. The fourth-order valence-electron chi connectivity index (χ4n) is 2.03. The van der Waals surface area contributed by atoms with Gasteiger partial charge in [-0.3, -0.25) is 0 Å². The Labute approximate surface area is 142 Å². The van der Waals surface area contributed by atoms with Gasteiger partial charge in [0.05, 0.1) is 10.5 Å². The Bertz CT molecular complexity index is 890. The maximum Gasteiger partial charge on any atom is 0.573 e. The van der Waals surface area contributed by atoms with Crippen LogP contribution in [0.3, 0.4) is 0 Å². The number of halogens is 7. The fraction of sp³-hybridized carbons (Fsp3) is 0.143. The van der Waals surface area contributed by atoms with E-state index < -0.39 is 43.4 Å². The third-order valence-electron chi connectivity index (χ3n) is 2.97. The Morgan fingerprint density at radius 2 is 1.48 bits per heavy atom. The van der Waals surface area contributed by atoms with Crippen molar-refractivity contribution >= 4 is 19.7 Å². The van der Waals surface area contributed by atoms with Crippen LogP contribution in [0, 0.1) is 0 Å². The van der Waals surface area contributed by atoms with Crippen LogP contribution in [0.2, 0.25) is 0 Å². The third-order valence-corrected chi connectivity index (χ3v) is 4.34. The summed E-state index contributed by atoms with van der Waals surface area (Å²) in [6.07, 6.45) is -9.95. The molecule has 0 saturated carbocycles. The highest BCUT2D eigenvalue weighted by atomic mass is 35.7. The van der Waals surface area contributed by atoms with Gasteiger partial charge in [0.25, 0.3) is 9.05 Å². The zero-order valence-corrected chi connectivity index (χ0v) is 13.4. The highest BCUT2D eigenvalue weighted by Crippen LogP contribution is 2.40. The van der Waals surface area contributed by atoms with Crippen LogP contribution in [0.5, 0.6) is 5.75 Å². The zero-order chi connectivity index (χ0) is 19.0. The third kappa shape index (κ3) is 4.79. The Balaban J connectivity index is 2.73. The molecule has 11 heteroatoms. The average molecular weight is 405 g/mol. The molecule has 0 spiro atoms. The van der Waals surface area contributed by atoms with Crippen LogP contribution in [0.15, 0.2) is 47.4 Å². The molecule has 0 aromatic heterocycles. The summed E-state index contributed by atoms with van der Waals surface area (Å²) in [7, 11) is 0.473. The molecule has 0 aliphatic carbocycles. The Morgan fingerprint density at radius 1 is 0.880 bits per heavy atom. The molecular weight excluding hydrogens is 398 g/mol. The van der Waals surface area contributed by atoms with Gasteiger partial charge in [-0.05, 0) is 18.2 Å². The number of hydrogen-bond acceptors (Lipinski definition) is 3. The molecule has 2 aromatic rings. The van der Waals surface area contributed by atoms with Gasteiger partial charge in [-0.25, -0.2) is 8.42 Å². The number of alkyl halides is 6. The van der Waals surface area contributed by atoms with E-state index >= 15 is 0 Å². The first-order valence-corrected chi connectivity index (χ1v) is 8.61. The second kappa shape index (κ2) is 6.41. The van der Waals surface area contributed by atoms with Crippen LogP contribution >= 0.6 is 10.7 Å². The van der Waals surface area contributed by atoms with Gasteiger partial charge < -0.3 is 4.74 Å². The van der Waals surface area contributed by atoms with E-state index in [1.807, 2.05) is 0 Å². The molecule has 0 aliphatic heterocycles. The first kappa shape index (κ1) is 19.4. The van der Waals surface area contributed by atoms with E-state index in [1.165, 1.54) is 12.1 Å². The monoisotopic (exact) mass is 404 g/mol. The van der Waals surface area contributed by atoms with Crippen LogP contribution < -0.4 is 4.74 Å². The molecule has 0 radical (unpaired) electrons. The predicted octanol–water partition coefficient (Wildman–Crippen LogP) is 5.20. The van der Waals surface area contributed by atoms with Crippen LogP contribution in [0.1, 0.15) is 5.56 Å². The molecule has 2 rings (SSSR count). The quantitative estimate of drug-likeness (QED) is 0.522. The highest BCUT2D eigenvalue weighted by Gasteiger charge is 2.35. The van der Waals surface area contributed by atoms with Crippen LogP contribution in [-0.4, -0.2) is 14.8 Å². The van der Waals surface area contributed by atoms with Crippen molar-refractivity contribution in [3.05, 3.63) is 48.0 Å². The van der Waals surface area contributed by atoms with E-state index in [9.17, 15) is 34.8 Å². The van der Waals surface area contributed by atoms with Crippen LogP contribution in [0.4, 0.5) is 26.3 Å². The van der Waals surface area contributed by atoms with Crippen molar-refractivity contribution in [2.45, 2.75) is 17.4 Å². The first-order valence-electron chi connectivity index (χ1n) is 6.30. The lowest BCUT2D eigenvalue weighted by Crippen LogP contribution is -2.17. The van der Waals surface area contributed by atoms with Crippen molar-refractivity contribution in [3.8, 4) is 16.9 Å². The van der Waals surface area contributed by atoms with Crippen molar-refractivity contribution in [2.24, 2.45) is 0 Å². The van der Waals surface area contributed by atoms with Crippen molar-refractivity contribution in [3.63, 3.8) is 0 Å². The zero-order valence-electron chi connectivity index (χ0n) is 11.8. The molecule has 3 nitrogen and oxygen atoms in total. The van der Waals surface area contributed by atoms with Gasteiger partial charge >= 0.3 is 12.5 Å². The lowest BCUT2D eigenvalue weighted by Gasteiger charge is -2.16. The van der Waals surface area contributed by atoms with Gasteiger partial charge in [0, 0.05) is 21.8 Å². The number of para-hydroxylation sites is 1. The molecule has 136 valence electrons. The summed E-state index contributed by atoms with van der Waals surface area (Å²) in [5, 5.41) is 0. The van der Waals surface area contributed by atoms with E-state index in [2.05, 4.69) is 4.74 Å². The number of rotatable bonds is 3. The molecule has 0 aliphatic rings. The number of hydrogen-bond donors (Lipinski definition) is 0. The Hall–Kier alpha value is -1.94. The van der Waals surface area contributed by atoms with E-state index in [0.717, 1.165) is 18.2 Å². The Kier molecular flexibility index (Phi) is 4.97. The van der Waals surface area contributed by atoms with Gasteiger partial charge in [-0.1, -0.05) is 24.3 Å². The molecule has 0 unspecified atom stereocenters. The predicted molar refractivity (Wildman–Crippen MR) is 76.6 cm³/mol. The summed E-state index contributed by atoms with van der Waals surface area (Å²) in [6, 6.07) is 5.91. The topological polar surface area (TPSA) is 43.4 Å². The van der Waals surface area contributed by atoms with Gasteiger partial charge in [0.1, 0.15) is 5.75 Å². The maximum absolute atomic E-state index is 12.8. The summed E-state index contributed by atoms with van der Waals surface area (Å²) < 4.78 is 103. The first-order chi connectivity index (χ1) is 11.3. The summed E-state index contributed by atoms with van der Waals surface area (Å²) in [6.45, 7) is 0. The van der Waals surface area contributed by atoms with Crippen LogP contribution in [0.25, 0.3) is 11.1 Å². The largest absolute Gasteiger partial charge is 0.573 e. The SMILES string of the molecule is O=S(=O)(Cl)c1cc(C(F)(F)F)ccc1-c1ccccc1OC(F)(F)F. The lowest BCUT2D eigenvalue weighted by molar-refractivity contribution is -0.274. The van der Waals surface area contributed by atoms with Gasteiger partial charge in [-0.2, -0.15) is 13.2 Å². The van der Waals surface area contributed by atoms with Gasteiger partial charge in [0.15, 0.2) is 0 Å². The molecule has 0 fully saturated rings. The Morgan fingerprint density at radius 3 is 2.00 bits per heavy atom. The molecule has 0 atom stereocenters. The molecule has 25 heavy (non-hydrogen) atoms. The normalized spacial score (nSPS) is 12.9. The van der Waals surface area contributed by atoms with Crippen molar-refractivity contribution in [1.82, 2.24) is 0 Å². The highest BCUT2D eigenvalue weighted by molar-refractivity contribution is 8.13. The van der Waals surface area contributed by atoms with E-state index in [4.69, 9.17) is 10.7 Å². The second-order valence-electron chi connectivity index (χ2n) is 4.69. The number of ether oxygens (including phenoxy) is 1. The maximum atomic E-state index is 12.8. The summed E-state index contributed by atoms with van der Waals surface area (Å²) in [5.41, 5.74) is -2.15. The summed E-state index contributed by atoms with van der Waals surface area (Å²) >= 11 is 0. The van der Waals surface area contributed by atoms with Crippen LogP contribution in [-0.2, 0) is 15.2 Å². The molecule has 0 N–H and O–H groups in total. The van der Waals surface area contributed by atoms with Crippen molar-refractivity contribution < 1.29 is 39.5 Å². The van der Waals surface area contributed by atoms with Gasteiger partial charge in [-0.15, -0.1) is 13.2 Å². The van der Waals surface area contributed by atoms with E-state index in [0.29, 0.717) is 6.07 Å². The van der Waals surface area contributed by atoms with E-state index in [1.54, 1.807) is 0 Å². The molecule has 2 aromatic carbocycles. The molecule has 0 amide bonds. The molecule has 0 bridgehead atoms. The number of benzene rings is 2. The summed E-state index contributed by atoms with van der Waals surface area (Å²) in [5.74, 6) is -0.781. The van der Waals surface area contributed by atoms with Crippen molar-refractivity contribution in [1.29, 1.82) is 0 Å². The standard InChI is InChI=1S/C14H7ClF6O3S/c15-25(22,23)12-7-8(13(16,17)18)5-6-10(12)9-3-1-2-4-11(9)24-14(19,20)21/h1-7H. The minimum absolute atomic E-state index is 0.252.